The normalized spacial score (nSPS) is 18.8. The van der Waals surface area contributed by atoms with E-state index in [-0.39, 0.29) is 0 Å². The summed E-state index contributed by atoms with van der Waals surface area (Å²) in [7, 11) is -3.40. The number of halogens is 1. The van der Waals surface area contributed by atoms with Gasteiger partial charge < -0.3 is 4.90 Å². The first-order valence-corrected chi connectivity index (χ1v) is 9.55. The van der Waals surface area contributed by atoms with Crippen LogP contribution in [0.15, 0.2) is 16.3 Å². The highest BCUT2D eigenvalue weighted by atomic mass is 35.5. The van der Waals surface area contributed by atoms with Crippen molar-refractivity contribution in [1.82, 2.24) is 9.62 Å². The fourth-order valence-electron chi connectivity index (χ4n) is 2.41. The van der Waals surface area contributed by atoms with Crippen LogP contribution in [0.4, 0.5) is 0 Å². The summed E-state index contributed by atoms with van der Waals surface area (Å²) in [5.41, 5.74) is 0. The Labute approximate surface area is 130 Å². The van der Waals surface area contributed by atoms with Gasteiger partial charge in [0.15, 0.2) is 0 Å². The van der Waals surface area contributed by atoms with Gasteiger partial charge in [-0.25, -0.2) is 13.1 Å². The molecule has 0 atom stereocenters. The van der Waals surface area contributed by atoms with Gasteiger partial charge in [-0.05, 0) is 57.8 Å². The van der Waals surface area contributed by atoms with Crippen molar-refractivity contribution in [2.24, 2.45) is 5.92 Å². The number of rotatable bonds is 5. The quantitative estimate of drug-likeness (QED) is 0.899. The van der Waals surface area contributed by atoms with Gasteiger partial charge in [-0.1, -0.05) is 11.6 Å². The van der Waals surface area contributed by atoms with E-state index < -0.39 is 10.0 Å². The van der Waals surface area contributed by atoms with Crippen LogP contribution in [0.25, 0.3) is 0 Å². The molecule has 0 radical (unpaired) electrons. The minimum absolute atomic E-state index is 0.294. The van der Waals surface area contributed by atoms with Crippen molar-refractivity contribution < 1.29 is 8.42 Å². The Kier molecular flexibility index (Phi) is 5.48. The summed E-state index contributed by atoms with van der Waals surface area (Å²) in [5.74, 6) is 0.426. The van der Waals surface area contributed by atoms with Crippen molar-refractivity contribution in [3.05, 3.63) is 16.5 Å². The molecule has 2 rings (SSSR count). The molecule has 1 aliphatic heterocycles. The number of sulfonamides is 1. The summed E-state index contributed by atoms with van der Waals surface area (Å²) >= 11 is 6.87. The molecule has 0 amide bonds. The number of nitrogens with zero attached hydrogens (tertiary/aromatic N) is 1. The fraction of sp³-hybridized carbons (Fsp3) is 0.692. The van der Waals surface area contributed by atoms with Crippen LogP contribution in [0, 0.1) is 5.92 Å². The number of likely N-dealkylation sites (tertiary alicyclic amines) is 1. The summed E-state index contributed by atoms with van der Waals surface area (Å²) in [6.07, 6.45) is 2.10. The summed E-state index contributed by atoms with van der Waals surface area (Å²) in [5, 5.41) is 0. The molecule has 0 aliphatic carbocycles. The van der Waals surface area contributed by atoms with E-state index in [1.54, 1.807) is 12.1 Å². The van der Waals surface area contributed by atoms with Crippen molar-refractivity contribution >= 4 is 33.0 Å². The number of hydrogen-bond acceptors (Lipinski definition) is 4. The van der Waals surface area contributed by atoms with Gasteiger partial charge >= 0.3 is 0 Å². The molecule has 2 heterocycles. The summed E-state index contributed by atoms with van der Waals surface area (Å²) < 4.78 is 27.7. The molecular formula is C13H21ClN2O2S2. The maximum Gasteiger partial charge on any atom is 0.250 e. The fourth-order valence-corrected chi connectivity index (χ4v) is 5.06. The Morgan fingerprint density at radius 1 is 1.40 bits per heavy atom. The van der Waals surface area contributed by atoms with E-state index in [1.165, 1.54) is 0 Å². The average molecular weight is 337 g/mol. The molecule has 0 saturated carbocycles. The van der Waals surface area contributed by atoms with Crippen LogP contribution in [0.3, 0.4) is 0 Å². The molecule has 0 spiro atoms. The van der Waals surface area contributed by atoms with Crippen molar-refractivity contribution in [2.45, 2.75) is 36.9 Å². The minimum Gasteiger partial charge on any atom is -0.301 e. The van der Waals surface area contributed by atoms with E-state index in [0.717, 1.165) is 37.3 Å². The zero-order valence-corrected chi connectivity index (χ0v) is 14.2. The molecule has 7 heteroatoms. The van der Waals surface area contributed by atoms with Gasteiger partial charge in [0.05, 0.1) is 4.34 Å². The summed E-state index contributed by atoms with van der Waals surface area (Å²) in [6.45, 7) is 7.01. The summed E-state index contributed by atoms with van der Waals surface area (Å²) in [6, 6.07) is 3.74. The van der Waals surface area contributed by atoms with Crippen molar-refractivity contribution in [3.8, 4) is 0 Å². The van der Waals surface area contributed by atoms with Crippen LogP contribution in [0.1, 0.15) is 26.7 Å². The lowest BCUT2D eigenvalue weighted by Gasteiger charge is -2.34. The number of thiophene rings is 1. The Morgan fingerprint density at radius 3 is 2.55 bits per heavy atom. The largest absolute Gasteiger partial charge is 0.301 e. The molecule has 1 aromatic heterocycles. The highest BCUT2D eigenvalue weighted by molar-refractivity contribution is 7.91. The topological polar surface area (TPSA) is 49.4 Å². The monoisotopic (exact) mass is 336 g/mol. The van der Waals surface area contributed by atoms with Gasteiger partial charge in [-0.15, -0.1) is 11.3 Å². The highest BCUT2D eigenvalue weighted by Gasteiger charge is 2.23. The molecule has 0 bridgehead atoms. The van der Waals surface area contributed by atoms with Crippen LogP contribution in [0.2, 0.25) is 4.34 Å². The zero-order chi connectivity index (χ0) is 14.8. The number of hydrogen-bond donors (Lipinski definition) is 1. The van der Waals surface area contributed by atoms with E-state index in [2.05, 4.69) is 23.5 Å². The highest BCUT2D eigenvalue weighted by Crippen LogP contribution is 2.26. The Balaban J connectivity index is 1.84. The lowest BCUT2D eigenvalue weighted by atomic mass is 9.96. The maximum atomic E-state index is 12.1. The van der Waals surface area contributed by atoms with Gasteiger partial charge in [0.2, 0.25) is 10.0 Å². The van der Waals surface area contributed by atoms with Crippen molar-refractivity contribution in [1.29, 1.82) is 0 Å². The van der Waals surface area contributed by atoms with E-state index in [9.17, 15) is 8.42 Å². The van der Waals surface area contributed by atoms with Gasteiger partial charge in [0.25, 0.3) is 0 Å². The first-order chi connectivity index (χ1) is 9.38. The number of piperidine rings is 1. The first kappa shape index (κ1) is 16.2. The van der Waals surface area contributed by atoms with E-state index in [0.29, 0.717) is 27.1 Å². The van der Waals surface area contributed by atoms with Crippen LogP contribution >= 0.6 is 22.9 Å². The van der Waals surface area contributed by atoms with E-state index >= 15 is 0 Å². The molecule has 114 valence electrons. The SMILES string of the molecule is CC(C)N1CCC(CNS(=O)(=O)c2ccc(Cl)s2)CC1. The van der Waals surface area contributed by atoms with Gasteiger partial charge in [0, 0.05) is 12.6 Å². The molecule has 1 aliphatic rings. The molecule has 1 fully saturated rings. The van der Waals surface area contributed by atoms with E-state index in [1.807, 2.05) is 0 Å². The molecule has 1 saturated heterocycles. The standard InChI is InChI=1S/C13H21ClN2O2S2/c1-10(2)16-7-5-11(6-8-16)9-15-20(17,18)13-4-3-12(14)19-13/h3-4,10-11,15H,5-9H2,1-2H3. The predicted molar refractivity (Wildman–Crippen MR) is 84.0 cm³/mol. The maximum absolute atomic E-state index is 12.1. The second kappa shape index (κ2) is 6.75. The molecule has 0 unspecified atom stereocenters. The summed E-state index contributed by atoms with van der Waals surface area (Å²) in [4.78, 5) is 2.43. The smallest absolute Gasteiger partial charge is 0.250 e. The molecule has 1 N–H and O–H groups in total. The lowest BCUT2D eigenvalue weighted by molar-refractivity contribution is 0.151. The van der Waals surface area contributed by atoms with Crippen LogP contribution < -0.4 is 4.72 Å². The molecular weight excluding hydrogens is 316 g/mol. The predicted octanol–water partition coefficient (Wildman–Crippen LogP) is 2.80. The Morgan fingerprint density at radius 2 is 2.05 bits per heavy atom. The molecule has 4 nitrogen and oxygen atoms in total. The van der Waals surface area contributed by atoms with Crippen molar-refractivity contribution in [3.63, 3.8) is 0 Å². The second-order valence-corrected chi connectivity index (χ2v) is 9.19. The lowest BCUT2D eigenvalue weighted by Crippen LogP contribution is -2.41. The molecule has 1 aromatic rings. The third kappa shape index (κ3) is 4.18. The van der Waals surface area contributed by atoms with Gasteiger partial charge in [-0.3, -0.25) is 0 Å². The average Bonchev–Trinajstić information content (AvgIpc) is 2.84. The van der Waals surface area contributed by atoms with Crippen LogP contribution in [-0.2, 0) is 10.0 Å². The second-order valence-electron chi connectivity index (χ2n) is 5.48. The van der Waals surface area contributed by atoms with Crippen LogP contribution in [-0.4, -0.2) is 39.0 Å². The zero-order valence-electron chi connectivity index (χ0n) is 11.8. The third-order valence-corrected chi connectivity index (χ3v) is 6.90. The van der Waals surface area contributed by atoms with Gasteiger partial charge in [-0.2, -0.15) is 0 Å². The van der Waals surface area contributed by atoms with Gasteiger partial charge in [0.1, 0.15) is 4.21 Å². The minimum atomic E-state index is -3.40. The van der Waals surface area contributed by atoms with E-state index in [4.69, 9.17) is 11.6 Å². The van der Waals surface area contributed by atoms with Crippen molar-refractivity contribution in [2.75, 3.05) is 19.6 Å². The van der Waals surface area contributed by atoms with Crippen LogP contribution in [0.5, 0.6) is 0 Å². The molecule has 0 aromatic carbocycles. The Bertz CT molecular complexity index is 534. The first-order valence-electron chi connectivity index (χ1n) is 6.87. The third-order valence-electron chi connectivity index (χ3n) is 3.75. The molecule has 20 heavy (non-hydrogen) atoms. The number of nitrogens with one attached hydrogen (secondary N) is 1. The Hall–Kier alpha value is -0.140.